The van der Waals surface area contributed by atoms with Crippen LogP contribution < -0.4 is 4.74 Å². The number of rotatable bonds is 3. The number of benzene rings is 1. The first-order chi connectivity index (χ1) is 9.88. The topological polar surface area (TPSA) is 63.6 Å². The Morgan fingerprint density at radius 1 is 1.00 bits per heavy atom. The highest BCUT2D eigenvalue weighted by Crippen LogP contribution is 2.33. The molecule has 0 atom stereocenters. The molecule has 0 spiro atoms. The highest BCUT2D eigenvalue weighted by Gasteiger charge is 2.31. The van der Waals surface area contributed by atoms with Crippen LogP contribution in [-0.2, 0) is 9.59 Å². The predicted octanol–water partition coefficient (Wildman–Crippen LogP) is 4.30. The minimum atomic E-state index is -0.761. The Morgan fingerprint density at radius 2 is 1.48 bits per heavy atom. The first-order valence-electron chi connectivity index (χ1n) is 6.47. The van der Waals surface area contributed by atoms with Crippen molar-refractivity contribution in [3.63, 3.8) is 0 Å². The molecule has 1 aliphatic rings. The molecule has 1 N–H and O–H groups in total. The first kappa shape index (κ1) is 17.7. The standard InChI is InChI=1S/C14H13I3O4/c15-9-5-10(16)12(11(17)6-9)21-14(20)8-3-1-7(2-4-8)13(18)19/h5-8H,1-4H2,(H,18,19). The average Bonchev–Trinajstić information content (AvgIpc) is 2.42. The summed E-state index contributed by atoms with van der Waals surface area (Å²) in [6.45, 7) is 0. The van der Waals surface area contributed by atoms with Gasteiger partial charge >= 0.3 is 11.9 Å². The van der Waals surface area contributed by atoms with Gasteiger partial charge in [0, 0.05) is 3.57 Å². The molecule has 0 radical (unpaired) electrons. The number of esters is 1. The number of carbonyl (C=O) groups is 2. The van der Waals surface area contributed by atoms with Crippen molar-refractivity contribution in [2.75, 3.05) is 0 Å². The lowest BCUT2D eigenvalue weighted by Crippen LogP contribution is -2.28. The van der Waals surface area contributed by atoms with Crippen molar-refractivity contribution in [2.24, 2.45) is 11.8 Å². The van der Waals surface area contributed by atoms with E-state index < -0.39 is 5.97 Å². The Bertz CT molecular complexity index is 542. The van der Waals surface area contributed by atoms with Gasteiger partial charge < -0.3 is 9.84 Å². The van der Waals surface area contributed by atoms with E-state index in [9.17, 15) is 9.59 Å². The molecule has 21 heavy (non-hydrogen) atoms. The first-order valence-corrected chi connectivity index (χ1v) is 9.71. The number of halogens is 3. The van der Waals surface area contributed by atoms with Crippen LogP contribution in [0.4, 0.5) is 0 Å². The monoisotopic (exact) mass is 626 g/mol. The normalized spacial score (nSPS) is 21.9. The zero-order valence-corrected chi connectivity index (χ0v) is 17.4. The van der Waals surface area contributed by atoms with Gasteiger partial charge in [0.25, 0.3) is 0 Å². The second-order valence-corrected chi connectivity index (χ2v) is 8.58. The molecule has 1 aromatic rings. The Hall–Kier alpha value is 0.350. The maximum Gasteiger partial charge on any atom is 0.314 e. The van der Waals surface area contributed by atoms with Gasteiger partial charge in [0.1, 0.15) is 0 Å². The van der Waals surface area contributed by atoms with Gasteiger partial charge in [-0.05, 0) is 106 Å². The summed E-state index contributed by atoms with van der Waals surface area (Å²) in [5, 5.41) is 8.98. The number of ether oxygens (including phenoxy) is 1. The molecule has 2 rings (SSSR count). The van der Waals surface area contributed by atoms with Crippen LogP contribution >= 0.6 is 67.8 Å². The summed E-state index contributed by atoms with van der Waals surface area (Å²) >= 11 is 6.55. The molecule has 0 aromatic heterocycles. The van der Waals surface area contributed by atoms with Crippen molar-refractivity contribution in [1.29, 1.82) is 0 Å². The highest BCUT2D eigenvalue weighted by molar-refractivity contribution is 14.1. The minimum absolute atomic E-state index is 0.188. The summed E-state index contributed by atoms with van der Waals surface area (Å²) in [7, 11) is 0. The molecule has 0 amide bonds. The van der Waals surface area contributed by atoms with E-state index in [0.717, 1.165) is 10.7 Å². The molecule has 4 nitrogen and oxygen atoms in total. The number of carbonyl (C=O) groups excluding carboxylic acids is 1. The molecule has 0 saturated heterocycles. The number of carboxylic acid groups (broad SMARTS) is 1. The lowest BCUT2D eigenvalue weighted by Gasteiger charge is -2.24. The molecule has 7 heteroatoms. The SMILES string of the molecule is O=C(O)C1CCC(C(=O)Oc2c(I)cc(I)cc2I)CC1. The van der Waals surface area contributed by atoms with Crippen LogP contribution in [0.15, 0.2) is 12.1 Å². The van der Waals surface area contributed by atoms with E-state index in [1.807, 2.05) is 12.1 Å². The summed E-state index contributed by atoms with van der Waals surface area (Å²) in [6, 6.07) is 3.93. The molecule has 0 unspecified atom stereocenters. The molecule has 1 fully saturated rings. The summed E-state index contributed by atoms with van der Waals surface area (Å²) in [4.78, 5) is 23.2. The van der Waals surface area contributed by atoms with E-state index in [2.05, 4.69) is 67.8 Å². The van der Waals surface area contributed by atoms with Crippen molar-refractivity contribution >= 4 is 79.7 Å². The molecular formula is C14H13I3O4. The number of carboxylic acids is 1. The lowest BCUT2D eigenvalue weighted by atomic mass is 9.82. The molecule has 1 aromatic carbocycles. The number of hydrogen-bond donors (Lipinski definition) is 1. The second-order valence-electron chi connectivity index (χ2n) is 5.01. The van der Waals surface area contributed by atoms with Gasteiger partial charge in [0.15, 0.2) is 5.75 Å². The van der Waals surface area contributed by atoms with Crippen LogP contribution in [0.5, 0.6) is 5.75 Å². The van der Waals surface area contributed by atoms with Crippen molar-refractivity contribution in [3.05, 3.63) is 22.8 Å². The van der Waals surface area contributed by atoms with E-state index in [0.29, 0.717) is 31.4 Å². The summed E-state index contributed by atoms with van der Waals surface area (Å²) < 4.78 is 8.49. The Labute approximate surface area is 163 Å². The Kier molecular flexibility index (Phi) is 6.53. The summed E-state index contributed by atoms with van der Waals surface area (Å²) in [6.07, 6.45) is 2.28. The van der Waals surface area contributed by atoms with Gasteiger partial charge in [-0.15, -0.1) is 0 Å². The fourth-order valence-corrected chi connectivity index (χ4v) is 6.19. The van der Waals surface area contributed by atoms with E-state index >= 15 is 0 Å². The van der Waals surface area contributed by atoms with E-state index in [1.165, 1.54) is 0 Å². The third kappa shape index (κ3) is 4.66. The van der Waals surface area contributed by atoms with E-state index in [-0.39, 0.29) is 17.8 Å². The second kappa shape index (κ2) is 7.75. The van der Waals surface area contributed by atoms with Crippen LogP contribution in [0.2, 0.25) is 0 Å². The molecule has 0 bridgehead atoms. The van der Waals surface area contributed by atoms with Gasteiger partial charge in [-0.2, -0.15) is 0 Å². The molecule has 1 aliphatic carbocycles. The smallest absolute Gasteiger partial charge is 0.314 e. The molecule has 1 saturated carbocycles. The third-order valence-corrected chi connectivity index (χ3v) is 5.80. The molecule has 0 heterocycles. The van der Waals surface area contributed by atoms with Crippen LogP contribution in [0.1, 0.15) is 25.7 Å². The quantitative estimate of drug-likeness (QED) is 0.309. The number of aliphatic carboxylic acids is 1. The number of hydrogen-bond acceptors (Lipinski definition) is 3. The van der Waals surface area contributed by atoms with Crippen molar-refractivity contribution in [1.82, 2.24) is 0 Å². The van der Waals surface area contributed by atoms with E-state index in [1.54, 1.807) is 0 Å². The summed E-state index contributed by atoms with van der Waals surface area (Å²) in [5.74, 6) is -0.888. The van der Waals surface area contributed by atoms with Crippen LogP contribution in [-0.4, -0.2) is 17.0 Å². The third-order valence-electron chi connectivity index (χ3n) is 3.58. The largest absolute Gasteiger partial charge is 0.481 e. The lowest BCUT2D eigenvalue weighted by molar-refractivity contribution is -0.146. The van der Waals surface area contributed by atoms with Gasteiger partial charge in [0.2, 0.25) is 0 Å². The fourth-order valence-electron chi connectivity index (χ4n) is 2.39. The van der Waals surface area contributed by atoms with E-state index in [4.69, 9.17) is 9.84 Å². The van der Waals surface area contributed by atoms with Gasteiger partial charge in [-0.25, -0.2) is 0 Å². The van der Waals surface area contributed by atoms with Gasteiger partial charge in [0.05, 0.1) is 19.0 Å². The predicted molar refractivity (Wildman–Crippen MR) is 103 cm³/mol. The fraction of sp³-hybridized carbons (Fsp3) is 0.429. The summed E-state index contributed by atoms with van der Waals surface area (Å²) in [5.41, 5.74) is 0. The molecule has 114 valence electrons. The van der Waals surface area contributed by atoms with Crippen LogP contribution in [0.25, 0.3) is 0 Å². The zero-order valence-electron chi connectivity index (χ0n) is 10.9. The molecular weight excluding hydrogens is 613 g/mol. The Balaban J connectivity index is 2.01. The van der Waals surface area contributed by atoms with Crippen molar-refractivity contribution in [2.45, 2.75) is 25.7 Å². The Morgan fingerprint density at radius 3 is 1.95 bits per heavy atom. The van der Waals surface area contributed by atoms with Crippen molar-refractivity contribution in [3.8, 4) is 5.75 Å². The average molecular weight is 626 g/mol. The minimum Gasteiger partial charge on any atom is -0.481 e. The van der Waals surface area contributed by atoms with Crippen molar-refractivity contribution < 1.29 is 19.4 Å². The van der Waals surface area contributed by atoms with Crippen LogP contribution in [0, 0.1) is 22.5 Å². The van der Waals surface area contributed by atoms with Crippen LogP contribution in [0.3, 0.4) is 0 Å². The highest BCUT2D eigenvalue weighted by atomic mass is 127. The maximum absolute atomic E-state index is 12.3. The van der Waals surface area contributed by atoms with Gasteiger partial charge in [-0.3, -0.25) is 9.59 Å². The molecule has 0 aliphatic heterocycles. The van der Waals surface area contributed by atoms with Gasteiger partial charge in [-0.1, -0.05) is 0 Å². The maximum atomic E-state index is 12.3. The zero-order chi connectivity index (χ0) is 15.6.